The zero-order valence-corrected chi connectivity index (χ0v) is 16.1. The van der Waals surface area contributed by atoms with Crippen LogP contribution in [0, 0.1) is 0 Å². The molecule has 0 aliphatic rings. The molecule has 0 aliphatic carbocycles. The first-order chi connectivity index (χ1) is 13.2. The number of hydrogen-bond donors (Lipinski definition) is 1. The van der Waals surface area contributed by atoms with Crippen LogP contribution in [0.4, 0.5) is 0 Å². The fourth-order valence-corrected chi connectivity index (χ4v) is 3.31. The standard InChI is InChI=1S/C26H28O/c1-3-7-22-12-15-26-19-25(17-16-24(26)18-22)23-13-10-21(11-14-23)9-6-4-5-8-20(2)27/h3,6,9-20,27H,1,4-5,7-8H2,2H3. The van der Waals surface area contributed by atoms with Gasteiger partial charge in [-0.25, -0.2) is 0 Å². The topological polar surface area (TPSA) is 20.2 Å². The van der Waals surface area contributed by atoms with Gasteiger partial charge in [0.25, 0.3) is 0 Å². The molecule has 0 aromatic heterocycles. The van der Waals surface area contributed by atoms with Gasteiger partial charge in [0, 0.05) is 0 Å². The van der Waals surface area contributed by atoms with E-state index >= 15 is 0 Å². The maximum Gasteiger partial charge on any atom is 0.0512 e. The molecule has 1 heteroatoms. The third-order valence-corrected chi connectivity index (χ3v) is 4.83. The quantitative estimate of drug-likeness (QED) is 0.347. The first-order valence-electron chi connectivity index (χ1n) is 9.74. The first kappa shape index (κ1) is 19.1. The predicted molar refractivity (Wildman–Crippen MR) is 118 cm³/mol. The van der Waals surface area contributed by atoms with Crippen LogP contribution in [0.2, 0.25) is 0 Å². The van der Waals surface area contributed by atoms with Crippen LogP contribution in [0.1, 0.15) is 37.3 Å². The highest BCUT2D eigenvalue weighted by molar-refractivity contribution is 5.88. The summed E-state index contributed by atoms with van der Waals surface area (Å²) >= 11 is 0. The number of benzene rings is 3. The number of fused-ring (bicyclic) bond motifs is 1. The fourth-order valence-electron chi connectivity index (χ4n) is 3.31. The van der Waals surface area contributed by atoms with Gasteiger partial charge in [-0.3, -0.25) is 0 Å². The fraction of sp³-hybridized carbons (Fsp3) is 0.231. The number of aliphatic hydroxyl groups excluding tert-OH is 1. The van der Waals surface area contributed by atoms with Crippen molar-refractivity contribution in [3.8, 4) is 11.1 Å². The Balaban J connectivity index is 1.70. The van der Waals surface area contributed by atoms with Crippen LogP contribution in [0.3, 0.4) is 0 Å². The van der Waals surface area contributed by atoms with Gasteiger partial charge in [0.05, 0.1) is 6.10 Å². The molecular weight excluding hydrogens is 328 g/mol. The van der Waals surface area contributed by atoms with Crippen LogP contribution < -0.4 is 0 Å². The first-order valence-corrected chi connectivity index (χ1v) is 9.74. The highest BCUT2D eigenvalue weighted by Gasteiger charge is 2.01. The molecular formula is C26H28O. The molecule has 1 N–H and O–H groups in total. The third-order valence-electron chi connectivity index (χ3n) is 4.83. The Labute approximate surface area is 162 Å². The second-order valence-corrected chi connectivity index (χ2v) is 7.19. The van der Waals surface area contributed by atoms with Gasteiger partial charge in [0.15, 0.2) is 0 Å². The van der Waals surface area contributed by atoms with Crippen LogP contribution in [-0.2, 0) is 6.42 Å². The molecule has 3 rings (SSSR count). The summed E-state index contributed by atoms with van der Waals surface area (Å²) in [5.74, 6) is 0. The molecule has 0 saturated heterocycles. The zero-order chi connectivity index (χ0) is 19.1. The minimum atomic E-state index is -0.201. The summed E-state index contributed by atoms with van der Waals surface area (Å²) in [7, 11) is 0. The molecule has 0 aliphatic heterocycles. The Morgan fingerprint density at radius 1 is 0.926 bits per heavy atom. The van der Waals surface area contributed by atoms with Crippen molar-refractivity contribution in [2.24, 2.45) is 0 Å². The van der Waals surface area contributed by atoms with Crippen LogP contribution in [-0.4, -0.2) is 11.2 Å². The van der Waals surface area contributed by atoms with E-state index in [0.29, 0.717) is 0 Å². The largest absolute Gasteiger partial charge is 0.393 e. The molecule has 0 spiro atoms. The average Bonchev–Trinajstić information content (AvgIpc) is 2.68. The van der Waals surface area contributed by atoms with Gasteiger partial charge < -0.3 is 5.11 Å². The van der Waals surface area contributed by atoms with Crippen molar-refractivity contribution < 1.29 is 5.11 Å². The number of hydrogen-bond acceptors (Lipinski definition) is 1. The number of aliphatic hydroxyl groups is 1. The van der Waals surface area contributed by atoms with E-state index in [2.05, 4.69) is 79.4 Å². The normalized spacial score (nSPS) is 12.5. The Morgan fingerprint density at radius 3 is 2.37 bits per heavy atom. The SMILES string of the molecule is C=CCc1ccc2cc(-c3ccc(C=CCCCC(C)O)cc3)ccc2c1. The van der Waals surface area contributed by atoms with Crippen molar-refractivity contribution in [1.82, 2.24) is 0 Å². The third kappa shape index (κ3) is 5.42. The number of allylic oxidation sites excluding steroid dienone is 2. The van der Waals surface area contributed by atoms with Crippen LogP contribution in [0.25, 0.3) is 28.0 Å². The van der Waals surface area contributed by atoms with E-state index < -0.39 is 0 Å². The molecule has 1 atom stereocenters. The smallest absolute Gasteiger partial charge is 0.0512 e. The van der Waals surface area contributed by atoms with E-state index in [9.17, 15) is 5.11 Å². The summed E-state index contributed by atoms with van der Waals surface area (Å²) in [6, 6.07) is 22.0. The van der Waals surface area contributed by atoms with Gasteiger partial charge >= 0.3 is 0 Å². The maximum atomic E-state index is 9.28. The second kappa shape index (κ2) is 9.34. The molecule has 0 amide bonds. The zero-order valence-electron chi connectivity index (χ0n) is 16.1. The second-order valence-electron chi connectivity index (χ2n) is 7.19. The highest BCUT2D eigenvalue weighted by atomic mass is 16.3. The van der Waals surface area contributed by atoms with Gasteiger partial charge in [-0.1, -0.05) is 72.8 Å². The average molecular weight is 357 g/mol. The summed E-state index contributed by atoms with van der Waals surface area (Å²) in [4.78, 5) is 0. The van der Waals surface area contributed by atoms with E-state index in [4.69, 9.17) is 0 Å². The molecule has 0 saturated carbocycles. The van der Waals surface area contributed by atoms with Gasteiger partial charge in [0.1, 0.15) is 0 Å². The van der Waals surface area contributed by atoms with Crippen LogP contribution >= 0.6 is 0 Å². The summed E-state index contributed by atoms with van der Waals surface area (Å²) in [5.41, 5.74) is 4.99. The highest BCUT2D eigenvalue weighted by Crippen LogP contribution is 2.26. The lowest BCUT2D eigenvalue weighted by Crippen LogP contribution is -1.97. The molecule has 0 heterocycles. The summed E-state index contributed by atoms with van der Waals surface area (Å²) in [6.07, 6.45) is 9.89. The van der Waals surface area contributed by atoms with Gasteiger partial charge in [-0.15, -0.1) is 6.58 Å². The molecule has 0 radical (unpaired) electrons. The van der Waals surface area contributed by atoms with Gasteiger partial charge in [-0.2, -0.15) is 0 Å². The summed E-state index contributed by atoms with van der Waals surface area (Å²) in [6.45, 7) is 5.66. The lowest BCUT2D eigenvalue weighted by Gasteiger charge is -2.06. The Bertz CT molecular complexity index is 917. The molecule has 0 bridgehead atoms. The van der Waals surface area contributed by atoms with Crippen molar-refractivity contribution >= 4 is 16.8 Å². The van der Waals surface area contributed by atoms with Crippen molar-refractivity contribution in [1.29, 1.82) is 0 Å². The summed E-state index contributed by atoms with van der Waals surface area (Å²) in [5, 5.41) is 11.8. The lowest BCUT2D eigenvalue weighted by atomic mass is 9.98. The van der Waals surface area contributed by atoms with Gasteiger partial charge in [0.2, 0.25) is 0 Å². The van der Waals surface area contributed by atoms with E-state index in [0.717, 1.165) is 25.7 Å². The predicted octanol–water partition coefficient (Wildman–Crippen LogP) is 6.80. The van der Waals surface area contributed by atoms with Crippen LogP contribution in [0.15, 0.2) is 79.4 Å². The van der Waals surface area contributed by atoms with E-state index in [1.165, 1.54) is 33.0 Å². The van der Waals surface area contributed by atoms with E-state index in [-0.39, 0.29) is 6.10 Å². The minimum Gasteiger partial charge on any atom is -0.393 e. The molecule has 1 unspecified atom stereocenters. The maximum absolute atomic E-state index is 9.28. The Kier molecular flexibility index (Phi) is 6.62. The summed E-state index contributed by atoms with van der Waals surface area (Å²) < 4.78 is 0. The minimum absolute atomic E-state index is 0.201. The Hall–Kier alpha value is -2.64. The Morgan fingerprint density at radius 2 is 1.63 bits per heavy atom. The van der Waals surface area contributed by atoms with Gasteiger partial charge in [-0.05, 0) is 71.7 Å². The molecule has 27 heavy (non-hydrogen) atoms. The number of unbranched alkanes of at least 4 members (excludes halogenated alkanes) is 1. The lowest BCUT2D eigenvalue weighted by molar-refractivity contribution is 0.182. The monoisotopic (exact) mass is 356 g/mol. The van der Waals surface area contributed by atoms with Crippen molar-refractivity contribution in [2.45, 2.75) is 38.7 Å². The van der Waals surface area contributed by atoms with E-state index in [1.807, 2.05) is 13.0 Å². The van der Waals surface area contributed by atoms with Crippen molar-refractivity contribution in [3.63, 3.8) is 0 Å². The van der Waals surface area contributed by atoms with Crippen molar-refractivity contribution in [3.05, 3.63) is 90.5 Å². The molecule has 138 valence electrons. The molecule has 1 nitrogen and oxygen atoms in total. The van der Waals surface area contributed by atoms with Crippen molar-refractivity contribution in [2.75, 3.05) is 0 Å². The molecule has 0 fully saturated rings. The number of rotatable bonds is 8. The molecule has 3 aromatic rings. The molecule has 3 aromatic carbocycles. The van der Waals surface area contributed by atoms with E-state index in [1.54, 1.807) is 0 Å². The van der Waals surface area contributed by atoms with Crippen LogP contribution in [0.5, 0.6) is 0 Å².